The Bertz CT molecular complexity index is 106. The lowest BCUT2D eigenvalue weighted by atomic mass is 10.2. The zero-order chi connectivity index (χ0) is 7.98. The number of hydrazine groups is 1. The highest BCUT2D eigenvalue weighted by molar-refractivity contribution is 5.63. The number of amides is 1. The predicted octanol–water partition coefficient (Wildman–Crippen LogP) is 0.947. The Labute approximate surface area is 60.6 Å². The van der Waals surface area contributed by atoms with Crippen LogP contribution in [0.1, 0.15) is 26.7 Å². The Balaban J connectivity index is 3.21. The van der Waals surface area contributed by atoms with Gasteiger partial charge >= 0.3 is 6.09 Å². The van der Waals surface area contributed by atoms with Crippen LogP contribution in [0.4, 0.5) is 4.79 Å². The molecule has 60 valence electrons. The fourth-order valence-electron chi connectivity index (χ4n) is 0.690. The van der Waals surface area contributed by atoms with Crippen molar-refractivity contribution < 1.29 is 9.90 Å². The van der Waals surface area contributed by atoms with Gasteiger partial charge in [-0.05, 0) is 13.3 Å². The van der Waals surface area contributed by atoms with Crippen molar-refractivity contribution in [2.24, 2.45) is 0 Å². The van der Waals surface area contributed by atoms with E-state index in [0.717, 1.165) is 12.8 Å². The minimum absolute atomic E-state index is 0.209. The maximum Gasteiger partial charge on any atom is 0.419 e. The van der Waals surface area contributed by atoms with Crippen LogP contribution < -0.4 is 10.9 Å². The summed E-state index contributed by atoms with van der Waals surface area (Å²) in [6, 6.07) is 0.209. The largest absolute Gasteiger partial charge is 0.464 e. The van der Waals surface area contributed by atoms with Gasteiger partial charge in [0.25, 0.3) is 0 Å². The van der Waals surface area contributed by atoms with Crippen LogP contribution in [0, 0.1) is 0 Å². The van der Waals surface area contributed by atoms with E-state index in [4.69, 9.17) is 5.11 Å². The van der Waals surface area contributed by atoms with E-state index >= 15 is 0 Å². The highest BCUT2D eigenvalue weighted by Crippen LogP contribution is 1.91. The maximum atomic E-state index is 9.93. The third-order valence-corrected chi connectivity index (χ3v) is 1.15. The molecule has 4 heteroatoms. The Morgan fingerprint density at radius 3 is 2.70 bits per heavy atom. The van der Waals surface area contributed by atoms with E-state index < -0.39 is 6.09 Å². The SMILES string of the molecule is CCCC(C)NNC(=O)O. The van der Waals surface area contributed by atoms with Crippen molar-refractivity contribution in [1.29, 1.82) is 0 Å². The van der Waals surface area contributed by atoms with E-state index in [1.807, 2.05) is 6.92 Å². The fraction of sp³-hybridized carbons (Fsp3) is 0.833. The molecule has 0 fully saturated rings. The van der Waals surface area contributed by atoms with Crippen LogP contribution in [-0.4, -0.2) is 17.2 Å². The van der Waals surface area contributed by atoms with Crippen LogP contribution in [0.2, 0.25) is 0 Å². The van der Waals surface area contributed by atoms with E-state index in [1.165, 1.54) is 0 Å². The molecule has 10 heavy (non-hydrogen) atoms. The number of rotatable bonds is 4. The van der Waals surface area contributed by atoms with Crippen LogP contribution in [0.5, 0.6) is 0 Å². The average Bonchev–Trinajstić information content (AvgIpc) is 1.85. The van der Waals surface area contributed by atoms with Crippen LogP contribution in [-0.2, 0) is 0 Å². The predicted molar refractivity (Wildman–Crippen MR) is 38.7 cm³/mol. The summed E-state index contributed by atoms with van der Waals surface area (Å²) in [7, 11) is 0. The van der Waals surface area contributed by atoms with Crippen molar-refractivity contribution in [2.75, 3.05) is 0 Å². The molecule has 0 saturated carbocycles. The average molecular weight is 146 g/mol. The molecule has 0 aliphatic rings. The molecule has 0 aromatic rings. The third kappa shape index (κ3) is 5.37. The summed E-state index contributed by atoms with van der Waals surface area (Å²) in [6.45, 7) is 3.98. The summed E-state index contributed by atoms with van der Waals surface area (Å²) in [5.74, 6) is 0. The molecule has 0 aliphatic carbocycles. The summed E-state index contributed by atoms with van der Waals surface area (Å²) in [5.41, 5.74) is 4.73. The van der Waals surface area contributed by atoms with Crippen molar-refractivity contribution in [2.45, 2.75) is 32.7 Å². The van der Waals surface area contributed by atoms with Gasteiger partial charge in [-0.1, -0.05) is 13.3 Å². The van der Waals surface area contributed by atoms with Crippen molar-refractivity contribution in [1.82, 2.24) is 10.9 Å². The minimum atomic E-state index is -1.04. The van der Waals surface area contributed by atoms with Gasteiger partial charge in [-0.15, -0.1) is 0 Å². The lowest BCUT2D eigenvalue weighted by Crippen LogP contribution is -2.42. The fourth-order valence-corrected chi connectivity index (χ4v) is 0.690. The van der Waals surface area contributed by atoms with Crippen molar-refractivity contribution >= 4 is 6.09 Å². The minimum Gasteiger partial charge on any atom is -0.464 e. The van der Waals surface area contributed by atoms with Gasteiger partial charge in [0.05, 0.1) is 0 Å². The highest BCUT2D eigenvalue weighted by Gasteiger charge is 1.99. The molecule has 1 atom stereocenters. The molecule has 4 nitrogen and oxygen atoms in total. The molecule has 0 saturated heterocycles. The second kappa shape index (κ2) is 5.05. The molecule has 0 aliphatic heterocycles. The van der Waals surface area contributed by atoms with E-state index in [9.17, 15) is 4.79 Å². The molecule has 0 spiro atoms. The van der Waals surface area contributed by atoms with Gasteiger partial charge in [0.15, 0.2) is 0 Å². The normalized spacial score (nSPS) is 12.6. The second-order valence-electron chi connectivity index (χ2n) is 2.26. The van der Waals surface area contributed by atoms with Crippen LogP contribution in [0.15, 0.2) is 0 Å². The topological polar surface area (TPSA) is 61.4 Å². The lowest BCUT2D eigenvalue weighted by Gasteiger charge is -2.10. The summed E-state index contributed by atoms with van der Waals surface area (Å²) in [6.07, 6.45) is 0.985. The monoisotopic (exact) mass is 146 g/mol. The van der Waals surface area contributed by atoms with Gasteiger partial charge in [0, 0.05) is 6.04 Å². The van der Waals surface area contributed by atoms with E-state index in [0.29, 0.717) is 0 Å². The second-order valence-corrected chi connectivity index (χ2v) is 2.26. The Morgan fingerprint density at radius 2 is 2.30 bits per heavy atom. The number of nitrogens with one attached hydrogen (secondary N) is 2. The molecule has 0 bridgehead atoms. The number of carboxylic acid groups (broad SMARTS) is 1. The van der Waals surface area contributed by atoms with E-state index in [2.05, 4.69) is 17.8 Å². The molecule has 3 N–H and O–H groups in total. The Kier molecular flexibility index (Phi) is 4.66. The lowest BCUT2D eigenvalue weighted by molar-refractivity contribution is 0.186. The zero-order valence-electron chi connectivity index (χ0n) is 6.35. The quantitative estimate of drug-likeness (QED) is 0.517. The van der Waals surface area contributed by atoms with E-state index in [-0.39, 0.29) is 6.04 Å². The van der Waals surface area contributed by atoms with Crippen LogP contribution in [0.3, 0.4) is 0 Å². The standard InChI is InChI=1S/C6H14N2O2/c1-3-4-5(2)7-8-6(9)10/h5,7-8H,3-4H2,1-2H3,(H,9,10). The summed E-state index contributed by atoms with van der Waals surface area (Å²) >= 11 is 0. The summed E-state index contributed by atoms with van der Waals surface area (Å²) in [5, 5.41) is 8.16. The molecular formula is C6H14N2O2. The van der Waals surface area contributed by atoms with Gasteiger partial charge in [0.1, 0.15) is 0 Å². The van der Waals surface area contributed by atoms with Crippen LogP contribution in [0.25, 0.3) is 0 Å². The molecule has 0 aromatic carbocycles. The van der Waals surface area contributed by atoms with Gasteiger partial charge < -0.3 is 5.11 Å². The number of hydrogen-bond acceptors (Lipinski definition) is 2. The molecule has 0 radical (unpaired) electrons. The molecule has 1 unspecified atom stereocenters. The highest BCUT2D eigenvalue weighted by atomic mass is 16.4. The van der Waals surface area contributed by atoms with Crippen molar-refractivity contribution in [3.05, 3.63) is 0 Å². The maximum absolute atomic E-state index is 9.93. The first kappa shape index (κ1) is 9.23. The molecule has 0 rings (SSSR count). The van der Waals surface area contributed by atoms with Gasteiger partial charge in [-0.3, -0.25) is 5.43 Å². The van der Waals surface area contributed by atoms with Gasteiger partial charge in [-0.2, -0.15) is 0 Å². The van der Waals surface area contributed by atoms with Gasteiger partial charge in [-0.25, -0.2) is 10.2 Å². The number of hydrogen-bond donors (Lipinski definition) is 3. The van der Waals surface area contributed by atoms with E-state index in [1.54, 1.807) is 0 Å². The zero-order valence-corrected chi connectivity index (χ0v) is 6.35. The summed E-state index contributed by atoms with van der Waals surface area (Å²) < 4.78 is 0. The molecular weight excluding hydrogens is 132 g/mol. The van der Waals surface area contributed by atoms with Crippen molar-refractivity contribution in [3.8, 4) is 0 Å². The van der Waals surface area contributed by atoms with Crippen molar-refractivity contribution in [3.63, 3.8) is 0 Å². The number of carbonyl (C=O) groups is 1. The molecule has 1 amide bonds. The Hall–Kier alpha value is -0.770. The first-order valence-corrected chi connectivity index (χ1v) is 3.41. The molecule has 0 heterocycles. The van der Waals surface area contributed by atoms with Crippen LogP contribution >= 0.6 is 0 Å². The van der Waals surface area contributed by atoms with Gasteiger partial charge in [0.2, 0.25) is 0 Å². The first-order chi connectivity index (χ1) is 4.66. The third-order valence-electron chi connectivity index (χ3n) is 1.15. The molecule has 0 aromatic heterocycles. The smallest absolute Gasteiger partial charge is 0.419 e. The summed E-state index contributed by atoms with van der Waals surface area (Å²) in [4.78, 5) is 9.93. The first-order valence-electron chi connectivity index (χ1n) is 3.41. The Morgan fingerprint density at radius 1 is 1.70 bits per heavy atom.